The molecule has 0 saturated carbocycles. The maximum absolute atomic E-state index is 11.0. The molecule has 1 aromatic carbocycles. The Hall–Kier alpha value is -2.79. The van der Waals surface area contributed by atoms with Gasteiger partial charge in [-0.2, -0.15) is 10.5 Å². The van der Waals surface area contributed by atoms with E-state index in [1.807, 2.05) is 13.0 Å². The number of hydrogen-bond donors (Lipinski definition) is 2. The lowest BCUT2D eigenvalue weighted by Gasteiger charge is -2.09. The summed E-state index contributed by atoms with van der Waals surface area (Å²) in [6, 6.07) is 8.86. The Balaban J connectivity index is 2.93. The summed E-state index contributed by atoms with van der Waals surface area (Å²) in [4.78, 5) is 11.0. The second kappa shape index (κ2) is 6.07. The number of rotatable bonds is 3. The van der Waals surface area contributed by atoms with Gasteiger partial charge in [-0.15, -0.1) is 0 Å². The molecular weight excluding hydrogens is 228 g/mol. The Morgan fingerprint density at radius 3 is 2.56 bits per heavy atom. The molecular formula is C13H12N4O. The highest BCUT2D eigenvalue weighted by Crippen LogP contribution is 2.20. The van der Waals surface area contributed by atoms with Crippen LogP contribution in [0.25, 0.3) is 0 Å². The molecule has 0 aliphatic carbocycles. The maximum atomic E-state index is 11.0. The Labute approximate surface area is 105 Å². The number of carbonyl (C=O) groups is 1. The minimum absolute atomic E-state index is 0.0170. The molecule has 5 nitrogen and oxygen atoms in total. The number of nitrogens with zero attached hydrogens (tertiary/aromatic N) is 2. The monoisotopic (exact) mass is 240 g/mol. The van der Waals surface area contributed by atoms with Crippen LogP contribution in [0.4, 0.5) is 11.4 Å². The SMILES string of the molecule is CC(=O)Nc1cc(NC=C(C#N)C#N)ccc1C. The zero-order valence-electron chi connectivity index (χ0n) is 10.1. The van der Waals surface area contributed by atoms with Gasteiger partial charge in [-0.25, -0.2) is 0 Å². The molecule has 0 aromatic heterocycles. The summed E-state index contributed by atoms with van der Waals surface area (Å²) >= 11 is 0. The van der Waals surface area contributed by atoms with Gasteiger partial charge in [-0.1, -0.05) is 6.07 Å². The fourth-order valence-corrected chi connectivity index (χ4v) is 1.28. The van der Waals surface area contributed by atoms with E-state index in [0.29, 0.717) is 11.4 Å². The number of nitrogens with one attached hydrogen (secondary N) is 2. The highest BCUT2D eigenvalue weighted by molar-refractivity contribution is 5.90. The molecule has 5 heteroatoms. The van der Waals surface area contributed by atoms with Crippen LogP contribution in [0.5, 0.6) is 0 Å². The third-order valence-corrected chi connectivity index (χ3v) is 2.17. The van der Waals surface area contributed by atoms with Crippen molar-refractivity contribution in [3.63, 3.8) is 0 Å². The minimum Gasteiger partial charge on any atom is -0.360 e. The molecule has 90 valence electrons. The summed E-state index contributed by atoms with van der Waals surface area (Å²) in [5.74, 6) is -0.152. The van der Waals surface area contributed by atoms with Gasteiger partial charge >= 0.3 is 0 Å². The van der Waals surface area contributed by atoms with Crippen LogP contribution in [-0.4, -0.2) is 5.91 Å². The smallest absolute Gasteiger partial charge is 0.221 e. The van der Waals surface area contributed by atoms with E-state index in [1.54, 1.807) is 24.3 Å². The summed E-state index contributed by atoms with van der Waals surface area (Å²) in [5.41, 5.74) is 2.29. The molecule has 0 aliphatic rings. The van der Waals surface area contributed by atoms with Crippen LogP contribution < -0.4 is 10.6 Å². The topological polar surface area (TPSA) is 88.7 Å². The number of carbonyl (C=O) groups excluding carboxylic acids is 1. The summed E-state index contributed by atoms with van der Waals surface area (Å²) in [6.07, 6.45) is 1.32. The molecule has 1 amide bonds. The van der Waals surface area contributed by atoms with E-state index in [0.717, 1.165) is 5.56 Å². The van der Waals surface area contributed by atoms with Crippen molar-refractivity contribution < 1.29 is 4.79 Å². The van der Waals surface area contributed by atoms with Gasteiger partial charge in [-0.05, 0) is 24.6 Å². The van der Waals surface area contributed by atoms with Crippen molar-refractivity contribution in [3.05, 3.63) is 35.5 Å². The maximum Gasteiger partial charge on any atom is 0.221 e. The van der Waals surface area contributed by atoms with Gasteiger partial charge in [0.2, 0.25) is 5.91 Å². The second-order valence-corrected chi connectivity index (χ2v) is 3.64. The van der Waals surface area contributed by atoms with Crippen LogP contribution in [-0.2, 0) is 4.79 Å². The number of amides is 1. The number of allylic oxidation sites excluding steroid dienone is 1. The van der Waals surface area contributed by atoms with Crippen molar-refractivity contribution in [1.29, 1.82) is 10.5 Å². The molecule has 18 heavy (non-hydrogen) atoms. The Morgan fingerprint density at radius 2 is 2.00 bits per heavy atom. The standard InChI is InChI=1S/C13H12N4O/c1-9-3-4-12(5-13(9)17-10(2)18)16-8-11(6-14)7-15/h3-5,8,16H,1-2H3,(H,17,18). The van der Waals surface area contributed by atoms with Crippen molar-refractivity contribution >= 4 is 17.3 Å². The number of nitriles is 2. The van der Waals surface area contributed by atoms with Crippen LogP contribution >= 0.6 is 0 Å². The van der Waals surface area contributed by atoms with Crippen molar-refractivity contribution in [2.45, 2.75) is 13.8 Å². The lowest BCUT2D eigenvalue weighted by molar-refractivity contribution is -0.114. The van der Waals surface area contributed by atoms with E-state index in [9.17, 15) is 4.79 Å². The van der Waals surface area contributed by atoms with Gasteiger partial charge in [0.1, 0.15) is 17.7 Å². The van der Waals surface area contributed by atoms with Crippen molar-refractivity contribution in [2.75, 3.05) is 10.6 Å². The lowest BCUT2D eigenvalue weighted by Crippen LogP contribution is -2.07. The molecule has 0 atom stereocenters. The summed E-state index contributed by atoms with van der Waals surface area (Å²) in [7, 11) is 0. The molecule has 2 N–H and O–H groups in total. The summed E-state index contributed by atoms with van der Waals surface area (Å²) in [6.45, 7) is 3.31. The highest BCUT2D eigenvalue weighted by atomic mass is 16.1. The first-order valence-electron chi connectivity index (χ1n) is 5.22. The molecule has 0 unspecified atom stereocenters. The molecule has 0 spiro atoms. The van der Waals surface area contributed by atoms with E-state index >= 15 is 0 Å². The molecule has 0 heterocycles. The fourth-order valence-electron chi connectivity index (χ4n) is 1.28. The quantitative estimate of drug-likeness (QED) is 0.793. The van der Waals surface area contributed by atoms with Gasteiger partial charge in [0.25, 0.3) is 0 Å². The van der Waals surface area contributed by atoms with Gasteiger partial charge in [0, 0.05) is 24.5 Å². The van der Waals surface area contributed by atoms with Gasteiger partial charge in [0.15, 0.2) is 0 Å². The second-order valence-electron chi connectivity index (χ2n) is 3.64. The minimum atomic E-state index is -0.152. The van der Waals surface area contributed by atoms with E-state index in [4.69, 9.17) is 10.5 Å². The van der Waals surface area contributed by atoms with Crippen molar-refractivity contribution in [1.82, 2.24) is 0 Å². The average Bonchev–Trinajstić information content (AvgIpc) is 2.33. The molecule has 0 radical (unpaired) electrons. The van der Waals surface area contributed by atoms with Crippen LogP contribution in [0, 0.1) is 29.6 Å². The fraction of sp³-hybridized carbons (Fsp3) is 0.154. The highest BCUT2D eigenvalue weighted by Gasteiger charge is 2.01. The largest absolute Gasteiger partial charge is 0.360 e. The van der Waals surface area contributed by atoms with Crippen molar-refractivity contribution in [2.24, 2.45) is 0 Å². The number of hydrogen-bond acceptors (Lipinski definition) is 4. The van der Waals surface area contributed by atoms with E-state index in [-0.39, 0.29) is 11.5 Å². The summed E-state index contributed by atoms with van der Waals surface area (Å²) in [5, 5.41) is 22.7. The molecule has 1 rings (SSSR count). The van der Waals surface area contributed by atoms with E-state index < -0.39 is 0 Å². The van der Waals surface area contributed by atoms with E-state index in [2.05, 4.69) is 10.6 Å². The first-order chi connectivity index (χ1) is 8.56. The average molecular weight is 240 g/mol. The summed E-state index contributed by atoms with van der Waals surface area (Å²) < 4.78 is 0. The predicted octanol–water partition coefficient (Wildman–Crippen LogP) is 2.30. The number of benzene rings is 1. The normalized spacial score (nSPS) is 8.67. The number of anilines is 2. The van der Waals surface area contributed by atoms with Gasteiger partial charge < -0.3 is 10.6 Å². The van der Waals surface area contributed by atoms with Gasteiger partial charge in [0.05, 0.1) is 0 Å². The third-order valence-electron chi connectivity index (χ3n) is 2.17. The van der Waals surface area contributed by atoms with Gasteiger partial charge in [-0.3, -0.25) is 4.79 Å². The van der Waals surface area contributed by atoms with Crippen LogP contribution in [0.15, 0.2) is 30.0 Å². The Bertz CT molecular complexity index is 560. The zero-order valence-corrected chi connectivity index (χ0v) is 10.1. The Morgan fingerprint density at radius 1 is 1.33 bits per heavy atom. The van der Waals surface area contributed by atoms with Crippen LogP contribution in [0.3, 0.4) is 0 Å². The Kier molecular flexibility index (Phi) is 4.48. The lowest BCUT2D eigenvalue weighted by atomic mass is 10.1. The number of aryl methyl sites for hydroxylation is 1. The van der Waals surface area contributed by atoms with Crippen molar-refractivity contribution in [3.8, 4) is 12.1 Å². The van der Waals surface area contributed by atoms with Crippen LogP contribution in [0.1, 0.15) is 12.5 Å². The first-order valence-corrected chi connectivity index (χ1v) is 5.22. The molecule has 0 bridgehead atoms. The van der Waals surface area contributed by atoms with Crippen LogP contribution in [0.2, 0.25) is 0 Å². The molecule has 0 saturated heterocycles. The first kappa shape index (κ1) is 13.3. The molecule has 1 aromatic rings. The zero-order chi connectivity index (χ0) is 13.5. The third kappa shape index (κ3) is 3.66. The molecule has 0 aliphatic heterocycles. The molecule has 0 fully saturated rings. The predicted molar refractivity (Wildman–Crippen MR) is 68.4 cm³/mol. The van der Waals surface area contributed by atoms with E-state index in [1.165, 1.54) is 13.1 Å².